The number of furan rings is 1. The zero-order valence-corrected chi connectivity index (χ0v) is 16.4. The number of hydrogen-bond donors (Lipinski definition) is 2. The van der Waals surface area contributed by atoms with Gasteiger partial charge in [0.25, 0.3) is 11.8 Å². The van der Waals surface area contributed by atoms with Crippen molar-refractivity contribution >= 4 is 17.5 Å². The van der Waals surface area contributed by atoms with Gasteiger partial charge in [0.15, 0.2) is 5.76 Å². The van der Waals surface area contributed by atoms with Crippen LogP contribution < -0.4 is 15.4 Å². The predicted molar refractivity (Wildman–Crippen MR) is 107 cm³/mol. The van der Waals surface area contributed by atoms with E-state index < -0.39 is 29.6 Å². The third kappa shape index (κ3) is 5.88. The van der Waals surface area contributed by atoms with E-state index in [0.717, 1.165) is 6.07 Å². The molecule has 0 spiro atoms. The number of ether oxygens (including phenoxy) is 1. The molecule has 162 valence electrons. The Hall–Kier alpha value is -3.75. The molecule has 3 aromatic rings. The van der Waals surface area contributed by atoms with Crippen LogP contribution in [0.4, 0.5) is 18.9 Å². The number of anilines is 1. The van der Waals surface area contributed by atoms with Gasteiger partial charge in [-0.3, -0.25) is 9.59 Å². The smallest absolute Gasteiger partial charge is 0.419 e. The molecule has 0 radical (unpaired) electrons. The van der Waals surface area contributed by atoms with Crippen molar-refractivity contribution in [2.45, 2.75) is 19.1 Å². The van der Waals surface area contributed by atoms with Crippen LogP contribution in [0.5, 0.6) is 5.75 Å². The predicted octanol–water partition coefficient (Wildman–Crippen LogP) is 4.75. The number of halogens is 3. The second-order valence-electron chi connectivity index (χ2n) is 6.69. The molecule has 0 aliphatic carbocycles. The topological polar surface area (TPSA) is 80.6 Å². The molecule has 31 heavy (non-hydrogen) atoms. The van der Waals surface area contributed by atoms with Crippen molar-refractivity contribution in [3.63, 3.8) is 0 Å². The van der Waals surface area contributed by atoms with Crippen LogP contribution in [0.2, 0.25) is 0 Å². The second-order valence-corrected chi connectivity index (χ2v) is 6.69. The van der Waals surface area contributed by atoms with Crippen LogP contribution in [0.1, 0.15) is 33.4 Å². The Labute approximate surface area is 176 Å². The summed E-state index contributed by atoms with van der Waals surface area (Å²) in [4.78, 5) is 24.5. The Bertz CT molecular complexity index is 1050. The Balaban J connectivity index is 1.58. The highest BCUT2D eigenvalue weighted by atomic mass is 19.4. The number of benzene rings is 2. The van der Waals surface area contributed by atoms with E-state index in [0.29, 0.717) is 5.69 Å². The van der Waals surface area contributed by atoms with E-state index in [1.54, 1.807) is 31.2 Å². The SMILES string of the molecule is CC(COc1ccccc1C(F)(F)F)NC(=O)c1cccc(NC(=O)c2ccco2)c1. The molecule has 2 aromatic carbocycles. The molecule has 1 heterocycles. The summed E-state index contributed by atoms with van der Waals surface area (Å²) in [7, 11) is 0. The first-order valence-electron chi connectivity index (χ1n) is 9.29. The summed E-state index contributed by atoms with van der Waals surface area (Å²) in [6.45, 7) is 1.45. The molecule has 2 N–H and O–H groups in total. The lowest BCUT2D eigenvalue weighted by Gasteiger charge is -2.18. The molecule has 0 bridgehead atoms. The van der Waals surface area contributed by atoms with Gasteiger partial charge in [-0.05, 0) is 49.4 Å². The normalized spacial score (nSPS) is 12.1. The second kappa shape index (κ2) is 9.38. The summed E-state index contributed by atoms with van der Waals surface area (Å²) >= 11 is 0. The summed E-state index contributed by atoms with van der Waals surface area (Å²) < 4.78 is 49.4. The van der Waals surface area contributed by atoms with Crippen molar-refractivity contribution in [1.29, 1.82) is 0 Å². The largest absolute Gasteiger partial charge is 0.491 e. The van der Waals surface area contributed by atoms with Gasteiger partial charge in [-0.25, -0.2) is 0 Å². The Morgan fingerprint density at radius 2 is 1.81 bits per heavy atom. The first-order valence-corrected chi connectivity index (χ1v) is 9.29. The quantitative estimate of drug-likeness (QED) is 0.565. The Morgan fingerprint density at radius 3 is 2.52 bits per heavy atom. The van der Waals surface area contributed by atoms with Crippen LogP contribution in [-0.4, -0.2) is 24.5 Å². The van der Waals surface area contributed by atoms with Crippen molar-refractivity contribution in [3.8, 4) is 5.75 Å². The molecule has 6 nitrogen and oxygen atoms in total. The van der Waals surface area contributed by atoms with Crippen LogP contribution in [-0.2, 0) is 6.18 Å². The lowest BCUT2D eigenvalue weighted by molar-refractivity contribution is -0.139. The number of rotatable bonds is 7. The summed E-state index contributed by atoms with van der Waals surface area (Å²) in [6, 6.07) is 13.6. The highest BCUT2D eigenvalue weighted by Crippen LogP contribution is 2.35. The van der Waals surface area contributed by atoms with E-state index in [1.807, 2.05) is 0 Å². The number of carbonyl (C=O) groups excluding carboxylic acids is 2. The molecule has 0 saturated heterocycles. The fourth-order valence-electron chi connectivity index (χ4n) is 2.73. The summed E-state index contributed by atoms with van der Waals surface area (Å²) in [5, 5.41) is 5.27. The first-order chi connectivity index (χ1) is 14.7. The molecule has 1 unspecified atom stereocenters. The van der Waals surface area contributed by atoms with Gasteiger partial charge >= 0.3 is 6.18 Å². The van der Waals surface area contributed by atoms with E-state index in [9.17, 15) is 22.8 Å². The minimum absolute atomic E-state index is 0.125. The molecule has 2 amide bonds. The molecule has 0 saturated carbocycles. The average Bonchev–Trinajstić information content (AvgIpc) is 3.27. The fourth-order valence-corrected chi connectivity index (χ4v) is 2.73. The van der Waals surface area contributed by atoms with Crippen molar-refractivity contribution in [2.24, 2.45) is 0 Å². The van der Waals surface area contributed by atoms with Gasteiger partial charge in [0.1, 0.15) is 12.4 Å². The number of carbonyl (C=O) groups is 2. The van der Waals surface area contributed by atoms with Gasteiger partial charge < -0.3 is 19.8 Å². The van der Waals surface area contributed by atoms with Gasteiger partial charge in [0, 0.05) is 11.3 Å². The van der Waals surface area contributed by atoms with Crippen LogP contribution >= 0.6 is 0 Å². The maximum atomic E-state index is 13.0. The number of amides is 2. The van der Waals surface area contributed by atoms with Gasteiger partial charge in [-0.2, -0.15) is 13.2 Å². The maximum Gasteiger partial charge on any atom is 0.419 e. The molecule has 0 fully saturated rings. The van der Waals surface area contributed by atoms with Crippen LogP contribution in [0.25, 0.3) is 0 Å². The molecular formula is C22H19F3N2O4. The van der Waals surface area contributed by atoms with E-state index in [1.165, 1.54) is 36.6 Å². The molecule has 0 aliphatic rings. The van der Waals surface area contributed by atoms with Crippen molar-refractivity contribution in [1.82, 2.24) is 5.32 Å². The highest BCUT2D eigenvalue weighted by Gasteiger charge is 2.34. The molecule has 1 aromatic heterocycles. The minimum atomic E-state index is -4.54. The van der Waals surface area contributed by atoms with Crippen molar-refractivity contribution in [2.75, 3.05) is 11.9 Å². The number of hydrogen-bond acceptors (Lipinski definition) is 4. The standard InChI is InChI=1S/C22H19F3N2O4/c1-14(13-31-18-9-3-2-8-17(18)22(23,24)25)26-20(28)15-6-4-7-16(12-15)27-21(29)19-10-5-11-30-19/h2-12,14H,13H2,1H3,(H,26,28)(H,27,29). The van der Waals surface area contributed by atoms with Crippen molar-refractivity contribution in [3.05, 3.63) is 83.8 Å². The van der Waals surface area contributed by atoms with Gasteiger partial charge in [0.05, 0.1) is 17.9 Å². The number of nitrogens with one attached hydrogen (secondary N) is 2. The molecule has 0 aliphatic heterocycles. The number of para-hydroxylation sites is 1. The number of alkyl halides is 3. The Morgan fingerprint density at radius 1 is 1.03 bits per heavy atom. The third-order valence-electron chi connectivity index (χ3n) is 4.19. The first kappa shape index (κ1) is 21.9. The monoisotopic (exact) mass is 432 g/mol. The summed E-state index contributed by atoms with van der Waals surface area (Å²) in [6.07, 6.45) is -3.17. The van der Waals surface area contributed by atoms with Crippen LogP contribution in [0.3, 0.4) is 0 Å². The lowest BCUT2D eigenvalue weighted by Crippen LogP contribution is -2.37. The lowest BCUT2D eigenvalue weighted by atomic mass is 10.1. The molecular weight excluding hydrogens is 413 g/mol. The average molecular weight is 432 g/mol. The van der Waals surface area contributed by atoms with Crippen molar-refractivity contribution < 1.29 is 31.9 Å². The van der Waals surface area contributed by atoms with Gasteiger partial charge in [-0.15, -0.1) is 0 Å². The van der Waals surface area contributed by atoms with E-state index in [-0.39, 0.29) is 23.7 Å². The van der Waals surface area contributed by atoms with Crippen LogP contribution in [0, 0.1) is 0 Å². The zero-order chi connectivity index (χ0) is 22.4. The zero-order valence-electron chi connectivity index (χ0n) is 16.4. The minimum Gasteiger partial charge on any atom is -0.491 e. The third-order valence-corrected chi connectivity index (χ3v) is 4.19. The highest BCUT2D eigenvalue weighted by molar-refractivity contribution is 6.03. The van der Waals surface area contributed by atoms with E-state index >= 15 is 0 Å². The van der Waals surface area contributed by atoms with Gasteiger partial charge in [-0.1, -0.05) is 18.2 Å². The molecule has 9 heteroatoms. The maximum absolute atomic E-state index is 13.0. The summed E-state index contributed by atoms with van der Waals surface area (Å²) in [5.74, 6) is -1.11. The van der Waals surface area contributed by atoms with Crippen LogP contribution in [0.15, 0.2) is 71.3 Å². The van der Waals surface area contributed by atoms with E-state index in [4.69, 9.17) is 9.15 Å². The van der Waals surface area contributed by atoms with E-state index in [2.05, 4.69) is 10.6 Å². The van der Waals surface area contributed by atoms with Gasteiger partial charge in [0.2, 0.25) is 0 Å². The Kier molecular flexibility index (Phi) is 6.64. The summed E-state index contributed by atoms with van der Waals surface area (Å²) in [5.41, 5.74) is -0.231. The fraction of sp³-hybridized carbons (Fsp3) is 0.182. The molecule has 3 rings (SSSR count). The molecule has 1 atom stereocenters.